The van der Waals surface area contributed by atoms with Crippen molar-refractivity contribution in [2.45, 2.75) is 77.3 Å². The quantitative estimate of drug-likeness (QED) is 0.695. The molecule has 1 heterocycles. The van der Waals surface area contributed by atoms with Crippen LogP contribution in [0.4, 0.5) is 0 Å². The van der Waals surface area contributed by atoms with Crippen molar-refractivity contribution in [2.75, 3.05) is 19.6 Å². The van der Waals surface area contributed by atoms with E-state index in [4.69, 9.17) is 0 Å². The molecular formula is C18H33N3. The topological polar surface area (TPSA) is 39.1 Å². The summed E-state index contributed by atoms with van der Waals surface area (Å²) in [7, 11) is 0. The summed E-state index contributed by atoms with van der Waals surface area (Å²) >= 11 is 0. The second-order valence-electron chi connectivity index (χ2n) is 7.74. The van der Waals surface area contributed by atoms with Gasteiger partial charge in [0.25, 0.3) is 0 Å². The first-order chi connectivity index (χ1) is 10.0. The van der Waals surface area contributed by atoms with Crippen molar-refractivity contribution in [3.63, 3.8) is 0 Å². The fraction of sp³-hybridized carbons (Fsp3) is 0.944. The van der Waals surface area contributed by atoms with E-state index in [0.29, 0.717) is 6.04 Å². The molecule has 1 aliphatic carbocycles. The predicted molar refractivity (Wildman–Crippen MR) is 88.0 cm³/mol. The van der Waals surface area contributed by atoms with Crippen LogP contribution in [0.25, 0.3) is 0 Å². The first-order valence-corrected chi connectivity index (χ1v) is 8.94. The van der Waals surface area contributed by atoms with Gasteiger partial charge in [0.2, 0.25) is 0 Å². The molecule has 3 heteroatoms. The Morgan fingerprint density at radius 2 is 1.86 bits per heavy atom. The Balaban J connectivity index is 1.58. The summed E-state index contributed by atoms with van der Waals surface area (Å²) in [6, 6.07) is 3.10. The van der Waals surface area contributed by atoms with Crippen LogP contribution in [0.5, 0.6) is 0 Å². The summed E-state index contributed by atoms with van der Waals surface area (Å²) in [5.74, 6) is 1.78. The number of likely N-dealkylation sites (tertiary alicyclic amines) is 1. The Kier molecular flexibility index (Phi) is 6.08. The zero-order valence-corrected chi connectivity index (χ0v) is 14.2. The predicted octanol–water partition coefficient (Wildman–Crippen LogP) is 3.56. The van der Waals surface area contributed by atoms with Crippen LogP contribution in [0, 0.1) is 23.2 Å². The van der Waals surface area contributed by atoms with Crippen LogP contribution in [0.3, 0.4) is 0 Å². The first kappa shape index (κ1) is 16.8. The summed E-state index contributed by atoms with van der Waals surface area (Å²) < 4.78 is 0. The van der Waals surface area contributed by atoms with E-state index >= 15 is 0 Å². The molecule has 120 valence electrons. The summed E-state index contributed by atoms with van der Waals surface area (Å²) in [6.07, 6.45) is 8.63. The molecule has 3 nitrogen and oxygen atoms in total. The minimum Gasteiger partial charge on any atom is -0.303 e. The van der Waals surface area contributed by atoms with Crippen molar-refractivity contribution in [1.29, 1.82) is 5.26 Å². The van der Waals surface area contributed by atoms with Gasteiger partial charge in [0.15, 0.2) is 0 Å². The summed E-state index contributed by atoms with van der Waals surface area (Å²) in [4.78, 5) is 2.62. The molecular weight excluding hydrogens is 258 g/mol. The minimum absolute atomic E-state index is 0.300. The third-order valence-electron chi connectivity index (χ3n) is 5.32. The Bertz CT molecular complexity index is 348. The number of piperidine rings is 1. The van der Waals surface area contributed by atoms with Crippen molar-refractivity contribution in [3.8, 4) is 6.07 Å². The van der Waals surface area contributed by atoms with Gasteiger partial charge in [-0.1, -0.05) is 13.8 Å². The van der Waals surface area contributed by atoms with Crippen LogP contribution in [0.2, 0.25) is 0 Å². The molecule has 2 rings (SSSR count). The Labute approximate surface area is 131 Å². The maximum Gasteiger partial charge on any atom is 0.104 e. The number of hydrogen-bond acceptors (Lipinski definition) is 3. The van der Waals surface area contributed by atoms with Crippen LogP contribution in [0.1, 0.15) is 65.7 Å². The van der Waals surface area contributed by atoms with Gasteiger partial charge in [-0.05, 0) is 83.3 Å². The average Bonchev–Trinajstić information content (AvgIpc) is 3.28. The van der Waals surface area contributed by atoms with E-state index in [1.807, 2.05) is 0 Å². The Morgan fingerprint density at radius 3 is 2.38 bits per heavy atom. The van der Waals surface area contributed by atoms with Crippen molar-refractivity contribution in [1.82, 2.24) is 10.2 Å². The van der Waals surface area contributed by atoms with Gasteiger partial charge in [0.1, 0.15) is 5.54 Å². The molecule has 2 aliphatic rings. The summed E-state index contributed by atoms with van der Waals surface area (Å²) in [6.45, 7) is 10.6. The third kappa shape index (κ3) is 5.60. The van der Waals surface area contributed by atoms with Crippen molar-refractivity contribution in [3.05, 3.63) is 0 Å². The van der Waals surface area contributed by atoms with E-state index in [1.165, 1.54) is 51.7 Å². The van der Waals surface area contributed by atoms with Gasteiger partial charge in [-0.3, -0.25) is 5.32 Å². The maximum absolute atomic E-state index is 9.37. The maximum atomic E-state index is 9.37. The van der Waals surface area contributed by atoms with Crippen LogP contribution in [0.15, 0.2) is 0 Å². The standard InChI is InChI=1S/C18H33N3/c1-15(2)16-8-12-21(13-9-16)11-5-4-10-18(3,14-19)20-17-6-7-17/h15-17,20H,4-13H2,1-3H3. The fourth-order valence-electron chi connectivity index (χ4n) is 3.50. The largest absolute Gasteiger partial charge is 0.303 e. The number of unbranched alkanes of at least 4 members (excludes halogenated alkanes) is 1. The Hall–Kier alpha value is -0.590. The van der Waals surface area contributed by atoms with E-state index in [-0.39, 0.29) is 5.54 Å². The zero-order valence-electron chi connectivity index (χ0n) is 14.2. The zero-order chi connectivity index (χ0) is 15.3. The fourth-order valence-corrected chi connectivity index (χ4v) is 3.50. The first-order valence-electron chi connectivity index (χ1n) is 8.94. The molecule has 0 aromatic rings. The van der Waals surface area contributed by atoms with Crippen LogP contribution < -0.4 is 5.32 Å². The van der Waals surface area contributed by atoms with Gasteiger partial charge in [-0.15, -0.1) is 0 Å². The van der Waals surface area contributed by atoms with Crippen LogP contribution >= 0.6 is 0 Å². The van der Waals surface area contributed by atoms with Crippen molar-refractivity contribution in [2.24, 2.45) is 11.8 Å². The van der Waals surface area contributed by atoms with Gasteiger partial charge in [-0.2, -0.15) is 5.26 Å². The van der Waals surface area contributed by atoms with Gasteiger partial charge in [-0.25, -0.2) is 0 Å². The van der Waals surface area contributed by atoms with Gasteiger partial charge in [0.05, 0.1) is 6.07 Å². The number of rotatable bonds is 8. The molecule has 2 fully saturated rings. The third-order valence-corrected chi connectivity index (χ3v) is 5.32. The molecule has 1 aliphatic heterocycles. The summed E-state index contributed by atoms with van der Waals surface area (Å²) in [5, 5.41) is 12.9. The summed E-state index contributed by atoms with van der Waals surface area (Å²) in [5.41, 5.74) is -0.300. The van der Waals surface area contributed by atoms with E-state index in [1.54, 1.807) is 0 Å². The van der Waals surface area contributed by atoms with Crippen LogP contribution in [-0.2, 0) is 0 Å². The molecule has 0 bridgehead atoms. The molecule has 0 spiro atoms. The lowest BCUT2D eigenvalue weighted by Gasteiger charge is -2.34. The van der Waals surface area contributed by atoms with E-state index < -0.39 is 0 Å². The SMILES string of the molecule is CC(C)C1CCN(CCCCC(C)(C#N)NC2CC2)CC1. The van der Waals surface area contributed by atoms with Crippen molar-refractivity contribution >= 4 is 0 Å². The smallest absolute Gasteiger partial charge is 0.104 e. The van der Waals surface area contributed by atoms with Gasteiger partial charge < -0.3 is 4.90 Å². The average molecular weight is 291 g/mol. The molecule has 1 N–H and O–H groups in total. The molecule has 1 unspecified atom stereocenters. The highest BCUT2D eigenvalue weighted by Gasteiger charge is 2.32. The van der Waals surface area contributed by atoms with Crippen LogP contribution in [-0.4, -0.2) is 36.1 Å². The van der Waals surface area contributed by atoms with E-state index in [9.17, 15) is 5.26 Å². The van der Waals surface area contributed by atoms with Gasteiger partial charge >= 0.3 is 0 Å². The molecule has 0 aromatic carbocycles. The number of nitrogens with one attached hydrogen (secondary N) is 1. The minimum atomic E-state index is -0.300. The van der Waals surface area contributed by atoms with Crippen molar-refractivity contribution < 1.29 is 0 Å². The van der Waals surface area contributed by atoms with E-state index in [2.05, 4.69) is 37.1 Å². The van der Waals surface area contributed by atoms with Gasteiger partial charge in [0, 0.05) is 6.04 Å². The number of nitriles is 1. The number of nitrogens with zero attached hydrogens (tertiary/aromatic N) is 2. The molecule has 21 heavy (non-hydrogen) atoms. The molecule has 1 saturated heterocycles. The number of hydrogen-bond donors (Lipinski definition) is 1. The second kappa shape index (κ2) is 7.61. The second-order valence-corrected chi connectivity index (χ2v) is 7.74. The molecule has 1 saturated carbocycles. The molecule has 0 aromatic heterocycles. The molecule has 0 radical (unpaired) electrons. The molecule has 0 amide bonds. The Morgan fingerprint density at radius 1 is 1.19 bits per heavy atom. The lowest BCUT2D eigenvalue weighted by Crippen LogP contribution is -2.42. The highest BCUT2D eigenvalue weighted by Crippen LogP contribution is 2.26. The van der Waals surface area contributed by atoms with E-state index in [0.717, 1.165) is 24.7 Å². The lowest BCUT2D eigenvalue weighted by molar-refractivity contribution is 0.155. The monoisotopic (exact) mass is 291 g/mol. The lowest BCUT2D eigenvalue weighted by atomic mass is 9.86. The molecule has 1 atom stereocenters. The highest BCUT2D eigenvalue weighted by molar-refractivity contribution is 5.06. The highest BCUT2D eigenvalue weighted by atomic mass is 15.1. The normalized spacial score (nSPS) is 24.0.